The Bertz CT molecular complexity index is 180. The Hall–Kier alpha value is 0.430. The molecule has 1 heteroatoms. The Morgan fingerprint density at radius 1 is 0.706 bits per heavy atom. The summed E-state index contributed by atoms with van der Waals surface area (Å²) in [5.74, 6) is 1.65. The van der Waals surface area contributed by atoms with E-state index in [0.29, 0.717) is 10.8 Å². The molecular formula is C16H34P-. The van der Waals surface area contributed by atoms with Crippen molar-refractivity contribution >= 4 is 8.58 Å². The van der Waals surface area contributed by atoms with Crippen molar-refractivity contribution in [1.29, 1.82) is 0 Å². The van der Waals surface area contributed by atoms with E-state index in [4.69, 9.17) is 0 Å². The summed E-state index contributed by atoms with van der Waals surface area (Å²) in [6.45, 7) is 19.0. The summed E-state index contributed by atoms with van der Waals surface area (Å²) in [6, 6.07) is 0. The molecule has 0 amide bonds. The maximum atomic E-state index is 2.43. The van der Waals surface area contributed by atoms with E-state index >= 15 is 0 Å². The second kappa shape index (κ2) is 7.13. The predicted octanol–water partition coefficient (Wildman–Crippen LogP) is 6.08. The lowest BCUT2D eigenvalue weighted by Gasteiger charge is -2.39. The van der Waals surface area contributed by atoms with E-state index in [2.05, 4.69) is 55.4 Å². The van der Waals surface area contributed by atoms with E-state index in [1.807, 2.05) is 0 Å². The zero-order valence-corrected chi connectivity index (χ0v) is 14.3. The average Bonchev–Trinajstić information content (AvgIpc) is 1.96. The maximum absolute atomic E-state index is 2.43. The molecule has 0 spiro atoms. The normalized spacial score (nSPS) is 13.8. The van der Waals surface area contributed by atoms with Gasteiger partial charge in [-0.05, 0) is 24.7 Å². The summed E-state index contributed by atoms with van der Waals surface area (Å²) in [4.78, 5) is 0. The third-order valence-corrected chi connectivity index (χ3v) is 5.16. The van der Waals surface area contributed by atoms with E-state index < -0.39 is 0 Å². The molecule has 0 saturated heterocycles. The van der Waals surface area contributed by atoms with Crippen LogP contribution in [0.1, 0.15) is 68.2 Å². The fourth-order valence-electron chi connectivity index (χ4n) is 3.00. The molecule has 0 saturated carbocycles. The monoisotopic (exact) mass is 257 g/mol. The molecule has 0 fully saturated rings. The van der Waals surface area contributed by atoms with Crippen LogP contribution in [-0.4, -0.2) is 12.3 Å². The van der Waals surface area contributed by atoms with E-state index in [0.717, 1.165) is 11.8 Å². The summed E-state index contributed by atoms with van der Waals surface area (Å²) in [5, 5.41) is 0. The molecule has 0 heterocycles. The highest BCUT2D eigenvalue weighted by Crippen LogP contribution is 2.37. The Balaban J connectivity index is 3.97. The van der Waals surface area contributed by atoms with Crippen LogP contribution >= 0.6 is 8.58 Å². The van der Waals surface area contributed by atoms with E-state index in [1.165, 1.54) is 25.2 Å². The van der Waals surface area contributed by atoms with Crippen molar-refractivity contribution in [2.45, 2.75) is 68.2 Å². The first-order valence-electron chi connectivity index (χ1n) is 7.17. The number of hydrogen-bond donors (Lipinski definition) is 0. The summed E-state index contributed by atoms with van der Waals surface area (Å²) in [5.41, 5.74) is 1.03. The Kier molecular flexibility index (Phi) is 7.31. The second-order valence-electron chi connectivity index (χ2n) is 8.06. The first kappa shape index (κ1) is 17.4. The van der Waals surface area contributed by atoms with Crippen LogP contribution in [0.15, 0.2) is 0 Å². The molecule has 0 nitrogen and oxygen atoms in total. The quantitative estimate of drug-likeness (QED) is 0.462. The third-order valence-electron chi connectivity index (χ3n) is 3.00. The van der Waals surface area contributed by atoms with Crippen LogP contribution in [0.2, 0.25) is 0 Å². The van der Waals surface area contributed by atoms with Crippen LogP contribution in [0.4, 0.5) is 0 Å². The van der Waals surface area contributed by atoms with Crippen molar-refractivity contribution in [3.8, 4) is 0 Å². The Morgan fingerprint density at radius 3 is 1.24 bits per heavy atom. The first-order valence-corrected chi connectivity index (χ1v) is 8.44. The highest BCUT2D eigenvalue weighted by molar-refractivity contribution is 7.38. The maximum Gasteiger partial charge on any atom is -0.0467 e. The minimum Gasteiger partial charge on any atom is -0.539 e. The van der Waals surface area contributed by atoms with Gasteiger partial charge in [-0.2, -0.15) is 12.3 Å². The lowest BCUT2D eigenvalue weighted by molar-refractivity contribution is 0.316. The molecule has 0 aromatic heterocycles. The number of rotatable bonds is 8. The number of hydrogen-bond acceptors (Lipinski definition) is 0. The van der Waals surface area contributed by atoms with Gasteiger partial charge in [-0.15, -0.1) is 0 Å². The van der Waals surface area contributed by atoms with Crippen LogP contribution in [0.25, 0.3) is 0 Å². The molecule has 0 aromatic carbocycles. The minimum absolute atomic E-state index is 0.517. The van der Waals surface area contributed by atoms with Crippen LogP contribution < -0.4 is 0 Å². The van der Waals surface area contributed by atoms with E-state index in [1.54, 1.807) is 8.58 Å². The summed E-state index contributed by atoms with van der Waals surface area (Å²) >= 11 is 0. The molecule has 0 rings (SSSR count). The van der Waals surface area contributed by atoms with E-state index in [9.17, 15) is 0 Å². The van der Waals surface area contributed by atoms with Gasteiger partial charge in [0.15, 0.2) is 0 Å². The Morgan fingerprint density at radius 2 is 1.00 bits per heavy atom. The van der Waals surface area contributed by atoms with Gasteiger partial charge in [-0.3, -0.25) is 0 Å². The lowest BCUT2D eigenvalue weighted by Crippen LogP contribution is -2.21. The van der Waals surface area contributed by atoms with Crippen LogP contribution in [-0.2, 0) is 0 Å². The van der Waals surface area contributed by atoms with E-state index in [-0.39, 0.29) is 0 Å². The fraction of sp³-hybridized carbons (Fsp3) is 1.00. The molecule has 104 valence electrons. The van der Waals surface area contributed by atoms with Crippen molar-refractivity contribution < 1.29 is 0 Å². The van der Waals surface area contributed by atoms with Gasteiger partial charge in [0, 0.05) is 0 Å². The van der Waals surface area contributed by atoms with Gasteiger partial charge in [-0.1, -0.05) is 66.2 Å². The van der Waals surface area contributed by atoms with Crippen molar-refractivity contribution in [3.05, 3.63) is 0 Å². The molecule has 0 unspecified atom stereocenters. The summed E-state index contributed by atoms with van der Waals surface area (Å²) < 4.78 is 0. The largest absolute Gasteiger partial charge is 0.539 e. The molecule has 0 bridgehead atoms. The minimum atomic E-state index is 0.517. The highest BCUT2D eigenvalue weighted by Gasteiger charge is 2.17. The third kappa shape index (κ3) is 10.1. The fourth-order valence-corrected chi connectivity index (χ4v) is 4.58. The molecule has 0 aliphatic rings. The van der Waals surface area contributed by atoms with Gasteiger partial charge >= 0.3 is 0 Å². The van der Waals surface area contributed by atoms with Crippen LogP contribution in [0, 0.1) is 22.7 Å². The van der Waals surface area contributed by atoms with Crippen LogP contribution in [0.5, 0.6) is 0 Å². The van der Waals surface area contributed by atoms with Gasteiger partial charge in [0.2, 0.25) is 0 Å². The zero-order valence-electron chi connectivity index (χ0n) is 13.4. The summed E-state index contributed by atoms with van der Waals surface area (Å²) in [6.07, 6.45) is 5.41. The van der Waals surface area contributed by atoms with Crippen molar-refractivity contribution in [1.82, 2.24) is 0 Å². The Labute approximate surface area is 112 Å². The van der Waals surface area contributed by atoms with Crippen LogP contribution in [0.3, 0.4) is 0 Å². The highest BCUT2D eigenvalue weighted by atomic mass is 31.1. The van der Waals surface area contributed by atoms with Gasteiger partial charge in [-0.25, -0.2) is 0 Å². The standard InChI is InChI=1S/C16H34P/c1-13(2)9-15(5,6)11-17-12-16(7,8)10-14(3)4/h13-14H,9-12H2,1-8H3/q-1. The predicted molar refractivity (Wildman–Crippen MR) is 83.1 cm³/mol. The molecule has 17 heavy (non-hydrogen) atoms. The van der Waals surface area contributed by atoms with Crippen molar-refractivity contribution in [2.75, 3.05) is 12.3 Å². The molecule has 0 atom stereocenters. The smallest absolute Gasteiger partial charge is 0.0467 e. The van der Waals surface area contributed by atoms with Crippen molar-refractivity contribution in [2.24, 2.45) is 22.7 Å². The average molecular weight is 257 g/mol. The summed E-state index contributed by atoms with van der Waals surface area (Å²) in [7, 11) is 1.64. The van der Waals surface area contributed by atoms with Gasteiger partial charge in [0.05, 0.1) is 0 Å². The molecule has 0 aliphatic heterocycles. The molecule has 0 aliphatic carbocycles. The second-order valence-corrected chi connectivity index (χ2v) is 9.14. The van der Waals surface area contributed by atoms with Crippen molar-refractivity contribution in [3.63, 3.8) is 0 Å². The molecular weight excluding hydrogens is 223 g/mol. The molecule has 0 aromatic rings. The lowest BCUT2D eigenvalue weighted by atomic mass is 9.86. The van der Waals surface area contributed by atoms with Gasteiger partial charge in [0.25, 0.3) is 0 Å². The topological polar surface area (TPSA) is 0 Å². The molecule has 0 N–H and O–H groups in total. The zero-order chi connectivity index (χ0) is 13.7. The SMILES string of the molecule is CC(C)CC(C)(C)C[P-]CC(C)(C)CC(C)C. The van der Waals surface area contributed by atoms with Gasteiger partial charge in [0.1, 0.15) is 0 Å². The first-order chi connectivity index (χ1) is 7.54. The molecule has 0 radical (unpaired) electrons. The van der Waals surface area contributed by atoms with Gasteiger partial charge < -0.3 is 8.58 Å².